The van der Waals surface area contributed by atoms with E-state index in [9.17, 15) is 4.79 Å². The molecule has 4 heteroatoms. The first kappa shape index (κ1) is 11.7. The van der Waals surface area contributed by atoms with Crippen LogP contribution in [0, 0.1) is 0 Å². The van der Waals surface area contributed by atoms with Gasteiger partial charge in [-0.2, -0.15) is 0 Å². The van der Waals surface area contributed by atoms with Gasteiger partial charge in [0.05, 0.1) is 6.61 Å². The number of aromatic nitrogens is 1. The minimum Gasteiger partial charge on any atom is -0.463 e. The number of H-pyrrole nitrogens is 1. The third-order valence-corrected chi connectivity index (χ3v) is 2.67. The number of aromatic amines is 1. The van der Waals surface area contributed by atoms with E-state index in [1.165, 1.54) is 6.08 Å². The lowest BCUT2D eigenvalue weighted by Gasteiger charge is -1.95. The third-order valence-electron chi connectivity index (χ3n) is 2.37. The second-order valence-corrected chi connectivity index (χ2v) is 3.86. The van der Waals surface area contributed by atoms with Gasteiger partial charge >= 0.3 is 5.97 Å². The predicted octanol–water partition coefficient (Wildman–Crippen LogP) is 3.40. The highest BCUT2D eigenvalue weighted by atomic mass is 35.5. The summed E-state index contributed by atoms with van der Waals surface area (Å²) in [6.45, 7) is 2.13. The number of fused-ring (bicyclic) bond motifs is 1. The summed E-state index contributed by atoms with van der Waals surface area (Å²) in [5.41, 5.74) is 1.75. The fourth-order valence-electron chi connectivity index (χ4n) is 1.64. The molecule has 0 radical (unpaired) electrons. The van der Waals surface area contributed by atoms with Gasteiger partial charge in [-0.3, -0.25) is 0 Å². The number of ether oxygens (including phenoxy) is 1. The van der Waals surface area contributed by atoms with Crippen LogP contribution in [0.15, 0.2) is 30.3 Å². The Balaban J connectivity index is 2.35. The second-order valence-electron chi connectivity index (χ2n) is 3.48. The molecule has 0 amide bonds. The zero-order valence-electron chi connectivity index (χ0n) is 9.37. The fourth-order valence-corrected chi connectivity index (χ4v) is 1.90. The molecule has 0 fully saturated rings. The molecule has 88 valence electrons. The lowest BCUT2D eigenvalue weighted by molar-refractivity contribution is -0.137. The Kier molecular flexibility index (Phi) is 3.49. The van der Waals surface area contributed by atoms with Crippen molar-refractivity contribution in [2.75, 3.05) is 6.61 Å². The Bertz CT molecular complexity index is 572. The van der Waals surface area contributed by atoms with Crippen molar-refractivity contribution in [3.8, 4) is 0 Å². The van der Waals surface area contributed by atoms with Gasteiger partial charge in [0.1, 0.15) is 5.15 Å². The molecular weight excluding hydrogens is 238 g/mol. The molecule has 0 unspecified atom stereocenters. The summed E-state index contributed by atoms with van der Waals surface area (Å²) in [6.07, 6.45) is 3.05. The number of hydrogen-bond acceptors (Lipinski definition) is 2. The van der Waals surface area contributed by atoms with Gasteiger partial charge in [0, 0.05) is 22.5 Å². The molecule has 0 saturated heterocycles. The SMILES string of the molecule is CCOC(=O)/C=C/c1c(Cl)[nH]c2ccccc12. The summed E-state index contributed by atoms with van der Waals surface area (Å²) in [4.78, 5) is 14.3. The Labute approximate surface area is 104 Å². The first-order valence-corrected chi connectivity index (χ1v) is 5.71. The van der Waals surface area contributed by atoms with Crippen LogP contribution in [0.4, 0.5) is 0 Å². The monoisotopic (exact) mass is 249 g/mol. The molecule has 1 N–H and O–H groups in total. The van der Waals surface area contributed by atoms with E-state index in [0.29, 0.717) is 11.8 Å². The van der Waals surface area contributed by atoms with Crippen molar-refractivity contribution in [3.63, 3.8) is 0 Å². The first-order valence-electron chi connectivity index (χ1n) is 5.33. The van der Waals surface area contributed by atoms with Crippen molar-refractivity contribution < 1.29 is 9.53 Å². The maximum atomic E-state index is 11.2. The number of carbonyl (C=O) groups is 1. The van der Waals surface area contributed by atoms with Gasteiger partial charge in [0.25, 0.3) is 0 Å². The van der Waals surface area contributed by atoms with E-state index >= 15 is 0 Å². The smallest absolute Gasteiger partial charge is 0.330 e. The van der Waals surface area contributed by atoms with Crippen molar-refractivity contribution in [3.05, 3.63) is 41.1 Å². The normalized spacial score (nSPS) is 11.2. The Morgan fingerprint density at radius 1 is 1.47 bits per heavy atom. The Morgan fingerprint density at radius 2 is 2.24 bits per heavy atom. The molecule has 0 aliphatic heterocycles. The molecule has 2 aromatic rings. The second kappa shape index (κ2) is 5.06. The van der Waals surface area contributed by atoms with Gasteiger partial charge in [-0.25, -0.2) is 4.79 Å². The van der Waals surface area contributed by atoms with E-state index in [0.717, 1.165) is 16.5 Å². The van der Waals surface area contributed by atoms with Crippen LogP contribution in [0.2, 0.25) is 5.15 Å². The summed E-state index contributed by atoms with van der Waals surface area (Å²) in [7, 11) is 0. The van der Waals surface area contributed by atoms with Crippen molar-refractivity contribution in [1.82, 2.24) is 4.98 Å². The molecule has 0 aliphatic carbocycles. The van der Waals surface area contributed by atoms with E-state index in [2.05, 4.69) is 4.98 Å². The standard InChI is InChI=1S/C13H12ClNO2/c1-2-17-12(16)8-7-10-9-5-3-4-6-11(9)15-13(10)14/h3-8,15H,2H2,1H3/b8-7+. The highest BCUT2D eigenvalue weighted by Crippen LogP contribution is 2.26. The van der Waals surface area contributed by atoms with Crippen LogP contribution in [-0.4, -0.2) is 17.6 Å². The summed E-state index contributed by atoms with van der Waals surface area (Å²) >= 11 is 6.07. The predicted molar refractivity (Wildman–Crippen MR) is 69.0 cm³/mol. The number of carbonyl (C=O) groups excluding carboxylic acids is 1. The summed E-state index contributed by atoms with van der Waals surface area (Å²) in [5.74, 6) is -0.367. The van der Waals surface area contributed by atoms with E-state index in [1.54, 1.807) is 13.0 Å². The minimum atomic E-state index is -0.367. The van der Waals surface area contributed by atoms with Crippen molar-refractivity contribution in [2.45, 2.75) is 6.92 Å². The molecule has 0 bridgehead atoms. The molecule has 3 nitrogen and oxygen atoms in total. The van der Waals surface area contributed by atoms with Gasteiger partial charge < -0.3 is 9.72 Å². The molecule has 0 spiro atoms. The first-order chi connectivity index (χ1) is 8.22. The van der Waals surface area contributed by atoms with Crippen LogP contribution in [0.3, 0.4) is 0 Å². The zero-order valence-corrected chi connectivity index (χ0v) is 10.1. The Morgan fingerprint density at radius 3 is 3.00 bits per heavy atom. The molecular formula is C13H12ClNO2. The topological polar surface area (TPSA) is 42.1 Å². The van der Waals surface area contributed by atoms with Gasteiger partial charge in [-0.1, -0.05) is 29.8 Å². The third kappa shape index (κ3) is 2.50. The van der Waals surface area contributed by atoms with Gasteiger partial charge in [0.2, 0.25) is 0 Å². The van der Waals surface area contributed by atoms with E-state index in [-0.39, 0.29) is 5.97 Å². The highest BCUT2D eigenvalue weighted by molar-refractivity contribution is 6.32. The highest BCUT2D eigenvalue weighted by Gasteiger charge is 2.06. The lowest BCUT2D eigenvalue weighted by Crippen LogP contribution is -1.98. The van der Waals surface area contributed by atoms with Crippen molar-refractivity contribution in [1.29, 1.82) is 0 Å². The van der Waals surface area contributed by atoms with Gasteiger partial charge in [-0.05, 0) is 19.1 Å². The fraction of sp³-hybridized carbons (Fsp3) is 0.154. The number of rotatable bonds is 3. The average molecular weight is 250 g/mol. The average Bonchev–Trinajstić information content (AvgIpc) is 2.62. The Hall–Kier alpha value is -1.74. The van der Waals surface area contributed by atoms with Crippen LogP contribution < -0.4 is 0 Å². The summed E-state index contributed by atoms with van der Waals surface area (Å²) < 4.78 is 4.81. The quantitative estimate of drug-likeness (QED) is 0.669. The maximum absolute atomic E-state index is 11.2. The van der Waals surface area contributed by atoms with Crippen molar-refractivity contribution >= 4 is 34.5 Å². The molecule has 1 heterocycles. The number of benzene rings is 1. The van der Waals surface area contributed by atoms with Crippen LogP contribution >= 0.6 is 11.6 Å². The maximum Gasteiger partial charge on any atom is 0.330 e. The molecule has 2 rings (SSSR count). The van der Waals surface area contributed by atoms with E-state index in [1.807, 2.05) is 24.3 Å². The van der Waals surface area contributed by atoms with E-state index in [4.69, 9.17) is 16.3 Å². The molecule has 1 aromatic heterocycles. The zero-order chi connectivity index (χ0) is 12.3. The van der Waals surface area contributed by atoms with Crippen LogP contribution in [0.1, 0.15) is 12.5 Å². The van der Waals surface area contributed by atoms with Crippen LogP contribution in [-0.2, 0) is 9.53 Å². The van der Waals surface area contributed by atoms with E-state index < -0.39 is 0 Å². The van der Waals surface area contributed by atoms with Gasteiger partial charge in [-0.15, -0.1) is 0 Å². The lowest BCUT2D eigenvalue weighted by atomic mass is 10.1. The summed E-state index contributed by atoms with van der Waals surface area (Å²) in [5, 5.41) is 1.50. The van der Waals surface area contributed by atoms with Crippen LogP contribution in [0.25, 0.3) is 17.0 Å². The number of para-hydroxylation sites is 1. The number of halogens is 1. The summed E-state index contributed by atoms with van der Waals surface area (Å²) in [6, 6.07) is 7.73. The number of esters is 1. The number of nitrogens with one attached hydrogen (secondary N) is 1. The largest absolute Gasteiger partial charge is 0.463 e. The van der Waals surface area contributed by atoms with Gasteiger partial charge in [0.15, 0.2) is 0 Å². The molecule has 0 saturated carbocycles. The molecule has 0 atom stereocenters. The number of hydrogen-bond donors (Lipinski definition) is 1. The molecule has 1 aromatic carbocycles. The van der Waals surface area contributed by atoms with Crippen molar-refractivity contribution in [2.24, 2.45) is 0 Å². The molecule has 17 heavy (non-hydrogen) atoms. The molecule has 0 aliphatic rings. The minimum absolute atomic E-state index is 0.366. The van der Waals surface area contributed by atoms with Crippen LogP contribution in [0.5, 0.6) is 0 Å².